The molecule has 4 heteroatoms. The van der Waals surface area contributed by atoms with Crippen LogP contribution < -0.4 is 0 Å². The standard InChI is InChI=1S/C15H16ClFOS/c1-15(2,10-3-5-11(17)6-4-10)13(18)9-12-7-8-14(16)19-12/h3-8,13,18H,9H2,1-2H3. The lowest BCUT2D eigenvalue weighted by molar-refractivity contribution is 0.101. The molecule has 2 rings (SSSR count). The Kier molecular flexibility index (Phi) is 4.29. The maximum atomic E-state index is 13.0. The first-order chi connectivity index (χ1) is 8.89. The Bertz CT molecular complexity index is 548. The van der Waals surface area contributed by atoms with Crippen LogP contribution in [-0.2, 0) is 11.8 Å². The molecule has 0 aliphatic rings. The Labute approximate surface area is 121 Å². The highest BCUT2D eigenvalue weighted by molar-refractivity contribution is 7.16. The van der Waals surface area contributed by atoms with Crippen molar-refractivity contribution < 1.29 is 9.50 Å². The number of rotatable bonds is 4. The van der Waals surface area contributed by atoms with Gasteiger partial charge >= 0.3 is 0 Å². The van der Waals surface area contributed by atoms with Crippen LogP contribution in [-0.4, -0.2) is 11.2 Å². The molecule has 0 bridgehead atoms. The summed E-state index contributed by atoms with van der Waals surface area (Å²) in [4.78, 5) is 1.05. The van der Waals surface area contributed by atoms with Crippen LogP contribution in [0.25, 0.3) is 0 Å². The molecule has 1 N–H and O–H groups in total. The molecule has 2 aromatic rings. The second kappa shape index (κ2) is 5.61. The molecule has 19 heavy (non-hydrogen) atoms. The molecule has 0 fully saturated rings. The van der Waals surface area contributed by atoms with E-state index in [0.29, 0.717) is 6.42 Å². The van der Waals surface area contributed by atoms with Gasteiger partial charge in [0.2, 0.25) is 0 Å². The summed E-state index contributed by atoms with van der Waals surface area (Å²) >= 11 is 7.36. The minimum absolute atomic E-state index is 0.265. The average Bonchev–Trinajstić information content (AvgIpc) is 2.75. The van der Waals surface area contributed by atoms with Crippen LogP contribution in [0.1, 0.15) is 24.3 Å². The third kappa shape index (κ3) is 3.35. The largest absolute Gasteiger partial charge is 0.392 e. The highest BCUT2D eigenvalue weighted by atomic mass is 35.5. The molecule has 102 valence electrons. The first-order valence-electron chi connectivity index (χ1n) is 6.08. The highest BCUT2D eigenvalue weighted by Crippen LogP contribution is 2.31. The normalized spacial score (nSPS) is 13.5. The first kappa shape index (κ1) is 14.5. The Balaban J connectivity index is 2.16. The monoisotopic (exact) mass is 298 g/mol. The topological polar surface area (TPSA) is 20.2 Å². The second-order valence-electron chi connectivity index (χ2n) is 5.15. The molecule has 0 amide bonds. The van der Waals surface area contributed by atoms with Crippen molar-refractivity contribution >= 4 is 22.9 Å². The van der Waals surface area contributed by atoms with E-state index in [4.69, 9.17) is 11.6 Å². The van der Waals surface area contributed by atoms with Crippen molar-refractivity contribution in [1.82, 2.24) is 0 Å². The van der Waals surface area contributed by atoms with E-state index in [1.807, 2.05) is 26.0 Å². The minimum atomic E-state index is -0.548. The maximum Gasteiger partial charge on any atom is 0.123 e. The number of halogens is 2. The molecule has 0 spiro atoms. The van der Waals surface area contributed by atoms with Crippen LogP contribution in [0.5, 0.6) is 0 Å². The molecule has 1 aromatic carbocycles. The third-order valence-electron chi connectivity index (χ3n) is 3.44. The van der Waals surface area contributed by atoms with Gasteiger partial charge in [-0.15, -0.1) is 11.3 Å². The lowest BCUT2D eigenvalue weighted by atomic mass is 9.78. The molecule has 0 aliphatic heterocycles. The Morgan fingerprint density at radius 1 is 1.21 bits per heavy atom. The predicted molar refractivity (Wildman–Crippen MR) is 78.5 cm³/mol. The fraction of sp³-hybridized carbons (Fsp3) is 0.333. The van der Waals surface area contributed by atoms with Crippen molar-refractivity contribution in [3.8, 4) is 0 Å². The van der Waals surface area contributed by atoms with E-state index in [2.05, 4.69) is 0 Å². The van der Waals surface area contributed by atoms with Crippen molar-refractivity contribution in [2.75, 3.05) is 0 Å². The summed E-state index contributed by atoms with van der Waals surface area (Å²) in [5.74, 6) is -0.265. The Morgan fingerprint density at radius 3 is 2.37 bits per heavy atom. The molecule has 0 saturated carbocycles. The summed E-state index contributed by atoms with van der Waals surface area (Å²) in [5.41, 5.74) is 0.480. The summed E-state index contributed by atoms with van der Waals surface area (Å²) in [7, 11) is 0. The predicted octanol–water partition coefficient (Wildman–Crippen LogP) is 4.42. The van der Waals surface area contributed by atoms with Crippen molar-refractivity contribution in [3.05, 3.63) is 57.0 Å². The first-order valence-corrected chi connectivity index (χ1v) is 7.27. The summed E-state index contributed by atoms with van der Waals surface area (Å²) < 4.78 is 13.7. The van der Waals surface area contributed by atoms with Crippen LogP contribution in [0.3, 0.4) is 0 Å². The molecule has 0 aliphatic carbocycles. The zero-order valence-electron chi connectivity index (χ0n) is 10.9. The number of aliphatic hydroxyl groups excluding tert-OH is 1. The van der Waals surface area contributed by atoms with Gasteiger partial charge in [-0.3, -0.25) is 0 Å². The molecule has 1 aromatic heterocycles. The summed E-state index contributed by atoms with van der Waals surface area (Å²) in [6, 6.07) is 10.0. The van der Waals surface area contributed by atoms with Gasteiger partial charge in [0.25, 0.3) is 0 Å². The molecule has 1 nitrogen and oxygen atoms in total. The third-order valence-corrected chi connectivity index (χ3v) is 4.70. The summed E-state index contributed by atoms with van der Waals surface area (Å²) in [6.45, 7) is 3.92. The lowest BCUT2D eigenvalue weighted by Gasteiger charge is -2.31. The van der Waals surface area contributed by atoms with Gasteiger partial charge in [-0.1, -0.05) is 37.6 Å². The van der Waals surface area contributed by atoms with Crippen LogP contribution >= 0.6 is 22.9 Å². The van der Waals surface area contributed by atoms with Gasteiger partial charge in [0.15, 0.2) is 0 Å². The van der Waals surface area contributed by atoms with Gasteiger partial charge < -0.3 is 5.11 Å². The minimum Gasteiger partial charge on any atom is -0.392 e. The van der Waals surface area contributed by atoms with Crippen molar-refractivity contribution in [2.45, 2.75) is 31.8 Å². The van der Waals surface area contributed by atoms with Crippen molar-refractivity contribution in [1.29, 1.82) is 0 Å². The van der Waals surface area contributed by atoms with Gasteiger partial charge in [-0.05, 0) is 29.8 Å². The fourth-order valence-electron chi connectivity index (χ4n) is 1.98. The van der Waals surface area contributed by atoms with Crippen LogP contribution in [0.2, 0.25) is 4.34 Å². The quantitative estimate of drug-likeness (QED) is 0.886. The molecule has 1 atom stereocenters. The van der Waals surface area contributed by atoms with Gasteiger partial charge in [0.1, 0.15) is 5.82 Å². The molecule has 0 radical (unpaired) electrons. The van der Waals surface area contributed by atoms with Gasteiger partial charge in [0.05, 0.1) is 10.4 Å². The number of hydrogen-bond acceptors (Lipinski definition) is 2. The SMILES string of the molecule is CC(C)(c1ccc(F)cc1)C(O)Cc1ccc(Cl)s1. The van der Waals surface area contributed by atoms with E-state index in [1.54, 1.807) is 12.1 Å². The van der Waals surface area contributed by atoms with E-state index in [1.165, 1.54) is 23.5 Å². The number of thiophene rings is 1. The number of hydrogen-bond donors (Lipinski definition) is 1. The van der Waals surface area contributed by atoms with E-state index >= 15 is 0 Å². The van der Waals surface area contributed by atoms with Crippen molar-refractivity contribution in [2.24, 2.45) is 0 Å². The second-order valence-corrected chi connectivity index (χ2v) is 6.95. The van der Waals surface area contributed by atoms with Crippen LogP contribution in [0, 0.1) is 5.82 Å². The fourth-order valence-corrected chi connectivity index (χ4v) is 3.10. The van der Waals surface area contributed by atoms with Crippen molar-refractivity contribution in [3.63, 3.8) is 0 Å². The average molecular weight is 299 g/mol. The van der Waals surface area contributed by atoms with E-state index in [-0.39, 0.29) is 5.82 Å². The Morgan fingerprint density at radius 2 is 1.84 bits per heavy atom. The van der Waals surface area contributed by atoms with Gasteiger partial charge in [0, 0.05) is 16.7 Å². The van der Waals surface area contributed by atoms with Gasteiger partial charge in [-0.2, -0.15) is 0 Å². The van der Waals surface area contributed by atoms with Gasteiger partial charge in [-0.25, -0.2) is 4.39 Å². The number of benzene rings is 1. The van der Waals surface area contributed by atoms with Crippen LogP contribution in [0.4, 0.5) is 4.39 Å². The smallest absolute Gasteiger partial charge is 0.123 e. The highest BCUT2D eigenvalue weighted by Gasteiger charge is 2.30. The zero-order chi connectivity index (χ0) is 14.0. The zero-order valence-corrected chi connectivity index (χ0v) is 12.4. The van der Waals surface area contributed by atoms with E-state index in [9.17, 15) is 9.50 Å². The molecule has 0 saturated heterocycles. The van der Waals surface area contributed by atoms with Crippen LogP contribution in [0.15, 0.2) is 36.4 Å². The summed E-state index contributed by atoms with van der Waals surface area (Å²) in [6.07, 6.45) is -0.00503. The van der Waals surface area contributed by atoms with E-state index in [0.717, 1.165) is 14.8 Å². The number of aliphatic hydroxyl groups is 1. The lowest BCUT2D eigenvalue weighted by Crippen LogP contribution is -2.35. The molecular weight excluding hydrogens is 283 g/mol. The van der Waals surface area contributed by atoms with E-state index < -0.39 is 11.5 Å². The molecule has 1 unspecified atom stereocenters. The Hall–Kier alpha value is -0.900. The maximum absolute atomic E-state index is 13.0. The molecule has 1 heterocycles. The summed E-state index contributed by atoms with van der Waals surface area (Å²) in [5, 5.41) is 10.4. The molecular formula is C15H16ClFOS.